The smallest absolute Gasteiger partial charge is 0.0144 e. The molecule has 0 aromatic heterocycles. The van der Waals surface area contributed by atoms with E-state index in [2.05, 4.69) is 50.8 Å². The number of hydrogen-bond donors (Lipinski definition) is 0. The van der Waals surface area contributed by atoms with Crippen molar-refractivity contribution in [1.82, 2.24) is 0 Å². The summed E-state index contributed by atoms with van der Waals surface area (Å²) in [5.74, 6) is 1.94. The molecule has 0 nitrogen and oxygen atoms in total. The molecule has 0 aliphatic heterocycles. The highest BCUT2D eigenvalue weighted by Crippen LogP contribution is 2.29. The Bertz CT molecular complexity index is 338. The zero-order valence-corrected chi connectivity index (χ0v) is 11.0. The lowest BCUT2D eigenvalue weighted by molar-refractivity contribution is 0.638. The molecule has 0 saturated heterocycles. The molecule has 0 fully saturated rings. The van der Waals surface area contributed by atoms with E-state index in [-0.39, 0.29) is 0 Å². The number of thioether (sulfide) groups is 1. The molecule has 1 aromatic carbocycles. The van der Waals surface area contributed by atoms with Crippen molar-refractivity contribution in [1.29, 1.82) is 0 Å². The van der Waals surface area contributed by atoms with Crippen molar-refractivity contribution in [3.05, 3.63) is 54.6 Å². The Kier molecular flexibility index (Phi) is 6.02. The van der Waals surface area contributed by atoms with Crippen molar-refractivity contribution >= 4 is 16.7 Å². The summed E-state index contributed by atoms with van der Waals surface area (Å²) in [6, 6.07) is 10.5. The highest BCUT2D eigenvalue weighted by molar-refractivity contribution is 8.08. The molecule has 1 rings (SSSR count). The predicted octanol–water partition coefficient (Wildman–Crippen LogP) is 4.99. The van der Waals surface area contributed by atoms with Crippen LogP contribution in [-0.4, -0.2) is 5.75 Å². The molecular weight excluding hydrogens is 212 g/mol. The molecule has 0 bridgehead atoms. The number of hydrogen-bond acceptors (Lipinski definition) is 1. The molecule has 0 spiro atoms. The van der Waals surface area contributed by atoms with Crippen LogP contribution in [0.1, 0.15) is 25.8 Å². The van der Waals surface area contributed by atoms with Crippen LogP contribution >= 0.6 is 11.8 Å². The fraction of sp³-hybridized carbons (Fsp3) is 0.333. The van der Waals surface area contributed by atoms with Gasteiger partial charge in [0, 0.05) is 10.7 Å². The largest absolute Gasteiger partial charge is 0.125 e. The molecule has 1 heteroatoms. The molecule has 0 aliphatic carbocycles. The summed E-state index contributed by atoms with van der Waals surface area (Å²) in [5.41, 5.74) is 1.29. The molecule has 0 amide bonds. The SMILES string of the molecule is C=C/C=C(\SCC(C)CC)c1ccccc1. The van der Waals surface area contributed by atoms with Crippen LogP contribution in [0.25, 0.3) is 4.91 Å². The minimum Gasteiger partial charge on any atom is -0.125 e. The average Bonchev–Trinajstić information content (AvgIpc) is 2.35. The second kappa shape index (κ2) is 7.34. The molecule has 0 radical (unpaired) electrons. The minimum absolute atomic E-state index is 0.766. The van der Waals surface area contributed by atoms with Gasteiger partial charge < -0.3 is 0 Å². The summed E-state index contributed by atoms with van der Waals surface area (Å²) in [7, 11) is 0. The second-order valence-corrected chi connectivity index (χ2v) is 5.02. The standard InChI is InChI=1S/C15H20S/c1-4-9-15(16-12-13(3)5-2)14-10-7-6-8-11-14/h4,6-11,13H,1,5,12H2,2-3H3/b15-9-. The third-order valence-corrected chi connectivity index (χ3v) is 3.97. The second-order valence-electron chi connectivity index (χ2n) is 3.96. The molecule has 16 heavy (non-hydrogen) atoms. The van der Waals surface area contributed by atoms with Crippen molar-refractivity contribution in [3.8, 4) is 0 Å². The van der Waals surface area contributed by atoms with Crippen LogP contribution in [0.4, 0.5) is 0 Å². The molecular formula is C15H20S. The van der Waals surface area contributed by atoms with Crippen LogP contribution in [-0.2, 0) is 0 Å². The van der Waals surface area contributed by atoms with Gasteiger partial charge >= 0.3 is 0 Å². The first-order valence-electron chi connectivity index (χ1n) is 5.78. The van der Waals surface area contributed by atoms with Crippen LogP contribution in [0.3, 0.4) is 0 Å². The maximum absolute atomic E-state index is 3.78. The van der Waals surface area contributed by atoms with Crippen molar-refractivity contribution < 1.29 is 0 Å². The van der Waals surface area contributed by atoms with Crippen LogP contribution in [0, 0.1) is 5.92 Å². The first-order chi connectivity index (χ1) is 7.77. The van der Waals surface area contributed by atoms with E-state index in [1.165, 1.54) is 22.6 Å². The Morgan fingerprint density at radius 2 is 2.06 bits per heavy atom. The molecule has 1 unspecified atom stereocenters. The van der Waals surface area contributed by atoms with Crippen molar-refractivity contribution in [3.63, 3.8) is 0 Å². The van der Waals surface area contributed by atoms with Crippen LogP contribution in [0.15, 0.2) is 49.1 Å². The molecule has 0 heterocycles. The summed E-state index contributed by atoms with van der Waals surface area (Å²) in [5, 5.41) is 0. The Labute approximate surface area is 103 Å². The Hall–Kier alpha value is -0.950. The van der Waals surface area contributed by atoms with Gasteiger partial charge in [-0.05, 0) is 17.6 Å². The third-order valence-electron chi connectivity index (χ3n) is 2.55. The summed E-state index contributed by atoms with van der Waals surface area (Å²) in [6.07, 6.45) is 5.21. The van der Waals surface area contributed by atoms with E-state index in [1.807, 2.05) is 23.9 Å². The highest BCUT2D eigenvalue weighted by Gasteiger charge is 2.04. The van der Waals surface area contributed by atoms with Crippen molar-refractivity contribution in [2.75, 3.05) is 5.75 Å². The summed E-state index contributed by atoms with van der Waals surface area (Å²) in [6.45, 7) is 8.32. The monoisotopic (exact) mass is 232 g/mol. The van der Waals surface area contributed by atoms with Crippen LogP contribution < -0.4 is 0 Å². The lowest BCUT2D eigenvalue weighted by Crippen LogP contribution is -1.95. The Morgan fingerprint density at radius 3 is 2.62 bits per heavy atom. The highest BCUT2D eigenvalue weighted by atomic mass is 32.2. The van der Waals surface area contributed by atoms with E-state index in [0.717, 1.165) is 5.92 Å². The Balaban J connectivity index is 2.70. The van der Waals surface area contributed by atoms with Gasteiger partial charge in [-0.2, -0.15) is 0 Å². The lowest BCUT2D eigenvalue weighted by atomic mass is 10.2. The Morgan fingerprint density at radius 1 is 1.38 bits per heavy atom. The van der Waals surface area contributed by atoms with E-state index >= 15 is 0 Å². The predicted molar refractivity (Wildman–Crippen MR) is 76.5 cm³/mol. The number of rotatable bonds is 6. The maximum atomic E-state index is 3.78. The van der Waals surface area contributed by atoms with Gasteiger partial charge in [0.25, 0.3) is 0 Å². The van der Waals surface area contributed by atoms with Gasteiger partial charge in [0.05, 0.1) is 0 Å². The lowest BCUT2D eigenvalue weighted by Gasteiger charge is -2.10. The van der Waals surface area contributed by atoms with Gasteiger partial charge in [-0.15, -0.1) is 11.8 Å². The van der Waals surface area contributed by atoms with Crippen LogP contribution in [0.5, 0.6) is 0 Å². The fourth-order valence-electron chi connectivity index (χ4n) is 1.29. The molecule has 0 N–H and O–H groups in total. The van der Waals surface area contributed by atoms with E-state index in [1.54, 1.807) is 0 Å². The summed E-state index contributed by atoms with van der Waals surface area (Å²) in [4.78, 5) is 1.32. The average molecular weight is 232 g/mol. The summed E-state index contributed by atoms with van der Waals surface area (Å²) >= 11 is 1.92. The van der Waals surface area contributed by atoms with Gasteiger partial charge in [-0.3, -0.25) is 0 Å². The molecule has 0 saturated carbocycles. The topological polar surface area (TPSA) is 0 Å². The number of allylic oxidation sites excluding steroid dienone is 2. The first kappa shape index (κ1) is 13.1. The van der Waals surface area contributed by atoms with Crippen molar-refractivity contribution in [2.45, 2.75) is 20.3 Å². The first-order valence-corrected chi connectivity index (χ1v) is 6.77. The zero-order valence-electron chi connectivity index (χ0n) is 10.1. The molecule has 0 aliphatic rings. The van der Waals surface area contributed by atoms with E-state index < -0.39 is 0 Å². The van der Waals surface area contributed by atoms with E-state index in [4.69, 9.17) is 0 Å². The van der Waals surface area contributed by atoms with Gasteiger partial charge in [0.15, 0.2) is 0 Å². The normalized spacial score (nSPS) is 13.5. The van der Waals surface area contributed by atoms with E-state index in [9.17, 15) is 0 Å². The zero-order chi connectivity index (χ0) is 11.8. The maximum Gasteiger partial charge on any atom is 0.0144 e. The fourth-order valence-corrected chi connectivity index (χ4v) is 2.48. The van der Waals surface area contributed by atoms with Crippen LogP contribution in [0.2, 0.25) is 0 Å². The van der Waals surface area contributed by atoms with Crippen molar-refractivity contribution in [2.24, 2.45) is 5.92 Å². The minimum atomic E-state index is 0.766. The van der Waals surface area contributed by atoms with Gasteiger partial charge in [-0.25, -0.2) is 0 Å². The molecule has 86 valence electrons. The third kappa shape index (κ3) is 4.28. The van der Waals surface area contributed by atoms with E-state index in [0.29, 0.717) is 0 Å². The molecule has 1 atom stereocenters. The quantitative estimate of drug-likeness (QED) is 0.622. The van der Waals surface area contributed by atoms with Gasteiger partial charge in [-0.1, -0.05) is 63.3 Å². The van der Waals surface area contributed by atoms with Gasteiger partial charge in [0.2, 0.25) is 0 Å². The summed E-state index contributed by atoms with van der Waals surface area (Å²) < 4.78 is 0. The number of benzene rings is 1. The molecule has 1 aromatic rings. The van der Waals surface area contributed by atoms with Gasteiger partial charge in [0.1, 0.15) is 0 Å².